The zero-order valence-electron chi connectivity index (χ0n) is 14.0. The van der Waals surface area contributed by atoms with E-state index in [4.69, 9.17) is 0 Å². The first kappa shape index (κ1) is 15.6. The van der Waals surface area contributed by atoms with Gasteiger partial charge in [-0.05, 0) is 80.5 Å². The lowest BCUT2D eigenvalue weighted by Crippen LogP contribution is -2.59. The number of hydroxylamine groups is 2. The fourth-order valence-corrected chi connectivity index (χ4v) is 5.53. The average Bonchev–Trinajstić information content (AvgIpc) is 2.52. The Labute approximate surface area is 142 Å². The molecule has 4 bridgehead atoms. The standard InChI is InChI=1S/C19H24N2O3/c1-21(24)18(23)16-4-2-15(3-5-16)17(22)20-19-9-12-6-13(10-19)8-14(7-12)11-19/h2-5,12-14,24H,6-11H2,1H3,(H,20,22). The molecule has 0 unspecified atom stereocenters. The quantitative estimate of drug-likeness (QED) is 0.662. The van der Waals surface area contributed by atoms with Crippen LogP contribution in [0.4, 0.5) is 0 Å². The fraction of sp³-hybridized carbons (Fsp3) is 0.579. The molecule has 2 amide bonds. The Morgan fingerprint density at radius 3 is 1.92 bits per heavy atom. The molecule has 5 heteroatoms. The molecule has 0 aliphatic heterocycles. The van der Waals surface area contributed by atoms with E-state index in [1.807, 2.05) is 0 Å². The fourth-order valence-electron chi connectivity index (χ4n) is 5.53. The number of rotatable bonds is 3. The maximum Gasteiger partial charge on any atom is 0.276 e. The van der Waals surface area contributed by atoms with Gasteiger partial charge < -0.3 is 5.32 Å². The molecule has 0 aromatic heterocycles. The highest BCUT2D eigenvalue weighted by Crippen LogP contribution is 2.55. The minimum Gasteiger partial charge on any atom is -0.347 e. The number of benzene rings is 1. The van der Waals surface area contributed by atoms with E-state index >= 15 is 0 Å². The van der Waals surface area contributed by atoms with Gasteiger partial charge in [0.15, 0.2) is 0 Å². The Bertz CT molecular complexity index is 630. The molecule has 4 fully saturated rings. The van der Waals surface area contributed by atoms with Crippen LogP contribution in [-0.2, 0) is 0 Å². The molecule has 128 valence electrons. The number of nitrogens with zero attached hydrogens (tertiary/aromatic N) is 1. The maximum absolute atomic E-state index is 12.7. The van der Waals surface area contributed by atoms with Crippen molar-refractivity contribution in [3.63, 3.8) is 0 Å². The average molecular weight is 328 g/mol. The van der Waals surface area contributed by atoms with E-state index in [9.17, 15) is 14.8 Å². The maximum atomic E-state index is 12.7. The number of hydrogen-bond acceptors (Lipinski definition) is 3. The van der Waals surface area contributed by atoms with E-state index in [-0.39, 0.29) is 11.4 Å². The summed E-state index contributed by atoms with van der Waals surface area (Å²) < 4.78 is 0. The SMILES string of the molecule is CN(O)C(=O)c1ccc(C(=O)NC23CC4CC(CC(C4)C2)C3)cc1. The van der Waals surface area contributed by atoms with Crippen LogP contribution in [0.1, 0.15) is 59.2 Å². The van der Waals surface area contributed by atoms with Crippen molar-refractivity contribution in [2.45, 2.75) is 44.1 Å². The number of nitrogens with one attached hydrogen (secondary N) is 1. The normalized spacial score (nSPS) is 33.3. The summed E-state index contributed by atoms with van der Waals surface area (Å²) >= 11 is 0. The molecule has 4 saturated carbocycles. The van der Waals surface area contributed by atoms with Crippen LogP contribution in [0.2, 0.25) is 0 Å². The third-order valence-corrected chi connectivity index (χ3v) is 6.10. The molecule has 5 rings (SSSR count). The van der Waals surface area contributed by atoms with Crippen molar-refractivity contribution >= 4 is 11.8 Å². The minimum atomic E-state index is -0.483. The summed E-state index contributed by atoms with van der Waals surface area (Å²) in [5, 5.41) is 13.1. The van der Waals surface area contributed by atoms with Gasteiger partial charge in [-0.25, -0.2) is 5.06 Å². The lowest BCUT2D eigenvalue weighted by molar-refractivity contribution is -0.0374. The molecule has 0 spiro atoms. The van der Waals surface area contributed by atoms with Gasteiger partial charge >= 0.3 is 0 Å². The first-order valence-corrected chi connectivity index (χ1v) is 8.84. The highest BCUT2D eigenvalue weighted by molar-refractivity contribution is 5.97. The van der Waals surface area contributed by atoms with Crippen LogP contribution >= 0.6 is 0 Å². The van der Waals surface area contributed by atoms with E-state index in [0.29, 0.717) is 16.2 Å². The monoisotopic (exact) mass is 328 g/mol. The van der Waals surface area contributed by atoms with Crippen molar-refractivity contribution in [1.29, 1.82) is 0 Å². The van der Waals surface area contributed by atoms with Crippen molar-refractivity contribution in [3.05, 3.63) is 35.4 Å². The van der Waals surface area contributed by atoms with Gasteiger partial charge in [-0.1, -0.05) is 0 Å². The van der Waals surface area contributed by atoms with Crippen molar-refractivity contribution < 1.29 is 14.8 Å². The molecule has 24 heavy (non-hydrogen) atoms. The molecular weight excluding hydrogens is 304 g/mol. The van der Waals surface area contributed by atoms with Gasteiger partial charge in [0.2, 0.25) is 0 Å². The van der Waals surface area contributed by atoms with Crippen LogP contribution in [0.5, 0.6) is 0 Å². The molecule has 0 saturated heterocycles. The predicted octanol–water partition coefficient (Wildman–Crippen LogP) is 2.85. The number of hydrogen-bond donors (Lipinski definition) is 2. The Kier molecular flexibility index (Phi) is 3.64. The molecule has 1 aromatic carbocycles. The van der Waals surface area contributed by atoms with Crippen molar-refractivity contribution in [2.75, 3.05) is 7.05 Å². The lowest BCUT2D eigenvalue weighted by atomic mass is 9.53. The van der Waals surface area contributed by atoms with Crippen molar-refractivity contribution in [1.82, 2.24) is 10.4 Å². The van der Waals surface area contributed by atoms with E-state index < -0.39 is 5.91 Å². The van der Waals surface area contributed by atoms with Crippen LogP contribution in [0.25, 0.3) is 0 Å². The zero-order valence-corrected chi connectivity index (χ0v) is 14.0. The molecule has 0 radical (unpaired) electrons. The van der Waals surface area contributed by atoms with Gasteiger partial charge in [-0.3, -0.25) is 14.8 Å². The Balaban J connectivity index is 1.48. The zero-order chi connectivity index (χ0) is 16.9. The molecule has 4 aliphatic rings. The third kappa shape index (κ3) is 2.71. The number of carbonyl (C=O) groups excluding carboxylic acids is 2. The second-order valence-corrected chi connectivity index (χ2v) is 8.06. The van der Waals surface area contributed by atoms with Gasteiger partial charge in [0.1, 0.15) is 0 Å². The summed E-state index contributed by atoms with van der Waals surface area (Å²) in [6.07, 6.45) is 7.41. The van der Waals surface area contributed by atoms with Gasteiger partial charge in [0, 0.05) is 23.7 Å². The summed E-state index contributed by atoms with van der Waals surface area (Å²) in [6, 6.07) is 6.49. The van der Waals surface area contributed by atoms with Crippen LogP contribution in [0.3, 0.4) is 0 Å². The predicted molar refractivity (Wildman–Crippen MR) is 88.7 cm³/mol. The van der Waals surface area contributed by atoms with Gasteiger partial charge in [0.25, 0.3) is 11.8 Å². The Hall–Kier alpha value is -1.88. The first-order chi connectivity index (χ1) is 11.4. The van der Waals surface area contributed by atoms with E-state index in [1.54, 1.807) is 24.3 Å². The molecule has 0 heterocycles. The summed E-state index contributed by atoms with van der Waals surface area (Å²) in [7, 11) is 1.29. The minimum absolute atomic E-state index is 0.00829. The van der Waals surface area contributed by atoms with Crippen LogP contribution in [0, 0.1) is 17.8 Å². The Morgan fingerprint density at radius 1 is 1.00 bits per heavy atom. The smallest absolute Gasteiger partial charge is 0.276 e. The lowest BCUT2D eigenvalue weighted by Gasteiger charge is -2.56. The van der Waals surface area contributed by atoms with Crippen LogP contribution in [-0.4, -0.2) is 34.7 Å². The van der Waals surface area contributed by atoms with E-state index in [1.165, 1.54) is 26.3 Å². The second-order valence-electron chi connectivity index (χ2n) is 8.06. The van der Waals surface area contributed by atoms with Gasteiger partial charge in [-0.2, -0.15) is 0 Å². The summed E-state index contributed by atoms with van der Waals surface area (Å²) in [5.74, 6) is 1.83. The molecular formula is C19H24N2O3. The van der Waals surface area contributed by atoms with Gasteiger partial charge in [-0.15, -0.1) is 0 Å². The van der Waals surface area contributed by atoms with Crippen LogP contribution < -0.4 is 5.32 Å². The summed E-state index contributed by atoms with van der Waals surface area (Å²) in [6.45, 7) is 0. The first-order valence-electron chi connectivity index (χ1n) is 8.84. The number of carbonyl (C=O) groups is 2. The third-order valence-electron chi connectivity index (χ3n) is 6.10. The Morgan fingerprint density at radius 2 is 1.46 bits per heavy atom. The molecule has 2 N–H and O–H groups in total. The highest BCUT2D eigenvalue weighted by atomic mass is 16.5. The summed E-state index contributed by atoms with van der Waals surface area (Å²) in [4.78, 5) is 24.4. The molecule has 4 aliphatic carbocycles. The van der Waals surface area contributed by atoms with Crippen molar-refractivity contribution in [3.8, 4) is 0 Å². The number of amides is 2. The van der Waals surface area contributed by atoms with Crippen molar-refractivity contribution in [2.24, 2.45) is 17.8 Å². The molecule has 0 atom stereocenters. The second kappa shape index (κ2) is 5.59. The van der Waals surface area contributed by atoms with E-state index in [0.717, 1.165) is 37.0 Å². The van der Waals surface area contributed by atoms with E-state index in [2.05, 4.69) is 5.32 Å². The largest absolute Gasteiger partial charge is 0.347 e. The summed E-state index contributed by atoms with van der Waals surface area (Å²) in [5.41, 5.74) is 0.931. The molecule has 5 nitrogen and oxygen atoms in total. The highest BCUT2D eigenvalue weighted by Gasteiger charge is 2.51. The topological polar surface area (TPSA) is 69.6 Å². The van der Waals surface area contributed by atoms with Crippen LogP contribution in [0.15, 0.2) is 24.3 Å². The molecule has 1 aromatic rings. The van der Waals surface area contributed by atoms with Gasteiger partial charge in [0.05, 0.1) is 0 Å².